The fourth-order valence-electron chi connectivity index (χ4n) is 5.44. The summed E-state index contributed by atoms with van der Waals surface area (Å²) in [6, 6.07) is 29.9. The van der Waals surface area contributed by atoms with E-state index in [-0.39, 0.29) is 12.6 Å². The maximum atomic E-state index is 14.8. The van der Waals surface area contributed by atoms with Crippen LogP contribution in [0.15, 0.2) is 108 Å². The molecule has 1 heterocycles. The van der Waals surface area contributed by atoms with Crippen LogP contribution in [0.1, 0.15) is 36.2 Å². The van der Waals surface area contributed by atoms with Crippen LogP contribution < -0.4 is 5.56 Å². The van der Waals surface area contributed by atoms with E-state index >= 15 is 0 Å². The minimum Gasteiger partial charge on any atom is -0.466 e. The molecular weight excluding hydrogens is 530 g/mol. The summed E-state index contributed by atoms with van der Waals surface area (Å²) in [5, 5.41) is 10.7. The molecule has 4 aromatic rings. The van der Waals surface area contributed by atoms with Gasteiger partial charge in [0.25, 0.3) is 5.56 Å². The van der Waals surface area contributed by atoms with Gasteiger partial charge in [-0.3, -0.25) is 14.3 Å². The van der Waals surface area contributed by atoms with Gasteiger partial charge in [0.2, 0.25) is 0 Å². The van der Waals surface area contributed by atoms with Crippen LogP contribution in [0.25, 0.3) is 5.69 Å². The Morgan fingerprint density at radius 1 is 0.929 bits per heavy atom. The number of esters is 2. The number of ether oxygens (including phenoxy) is 2. The zero-order valence-corrected chi connectivity index (χ0v) is 24.1. The largest absolute Gasteiger partial charge is 0.466 e. The molecule has 1 atom stereocenters. The Kier molecular flexibility index (Phi) is 9.23. The number of hydrogen-bond donors (Lipinski definition) is 0. The molecule has 0 N–H and O–H groups in total. The Morgan fingerprint density at radius 3 is 1.93 bits per heavy atom. The number of benzene rings is 3. The van der Waals surface area contributed by atoms with Crippen LogP contribution in [0.5, 0.6) is 0 Å². The number of carbonyl (C=O) groups is 2. The summed E-state index contributed by atoms with van der Waals surface area (Å²) in [6.07, 6.45) is 2.34. The molecule has 4 rings (SSSR count). The van der Waals surface area contributed by atoms with Gasteiger partial charge in [-0.25, -0.2) is 9.48 Å². The molecule has 0 aliphatic rings. The van der Waals surface area contributed by atoms with Gasteiger partial charge in [-0.1, -0.05) is 84.9 Å². The van der Waals surface area contributed by atoms with Crippen molar-refractivity contribution in [1.82, 2.24) is 9.36 Å². The molecule has 1 unspecified atom stereocenters. The number of nitriles is 1. The third kappa shape index (κ3) is 5.68. The van der Waals surface area contributed by atoms with Crippen molar-refractivity contribution in [1.29, 1.82) is 5.26 Å². The Morgan fingerprint density at radius 2 is 1.45 bits per heavy atom. The van der Waals surface area contributed by atoms with Crippen molar-refractivity contribution >= 4 is 11.9 Å². The van der Waals surface area contributed by atoms with Crippen molar-refractivity contribution in [3.05, 3.63) is 136 Å². The summed E-state index contributed by atoms with van der Waals surface area (Å²) >= 11 is 0. The minimum atomic E-state index is -1.38. The summed E-state index contributed by atoms with van der Waals surface area (Å²) in [4.78, 5) is 40.0. The zero-order valence-electron chi connectivity index (χ0n) is 24.1. The van der Waals surface area contributed by atoms with Gasteiger partial charge in [0.05, 0.1) is 41.9 Å². The molecule has 0 saturated carbocycles. The lowest BCUT2D eigenvalue weighted by Crippen LogP contribution is -2.41. The molecule has 0 bridgehead atoms. The van der Waals surface area contributed by atoms with Gasteiger partial charge in [0, 0.05) is 11.8 Å². The van der Waals surface area contributed by atoms with E-state index in [0.29, 0.717) is 28.1 Å². The summed E-state index contributed by atoms with van der Waals surface area (Å²) in [6.45, 7) is 5.05. The predicted molar refractivity (Wildman–Crippen MR) is 159 cm³/mol. The Hall–Kier alpha value is -5.16. The lowest BCUT2D eigenvalue weighted by atomic mass is 9.62. The van der Waals surface area contributed by atoms with E-state index in [1.165, 1.54) is 23.9 Å². The van der Waals surface area contributed by atoms with Crippen molar-refractivity contribution in [2.45, 2.75) is 38.8 Å². The number of nitrogens with zero attached hydrogens (tertiary/aromatic N) is 3. The summed E-state index contributed by atoms with van der Waals surface area (Å²) in [5.41, 5.74) is 0.857. The van der Waals surface area contributed by atoms with E-state index < -0.39 is 28.8 Å². The number of rotatable bonds is 10. The van der Waals surface area contributed by atoms with Crippen LogP contribution in [0.4, 0.5) is 0 Å². The average molecular weight is 564 g/mol. The lowest BCUT2D eigenvalue weighted by Gasteiger charge is -2.37. The highest BCUT2D eigenvalue weighted by molar-refractivity contribution is 5.82. The number of aromatic nitrogens is 2. The summed E-state index contributed by atoms with van der Waals surface area (Å²) < 4.78 is 13.3. The SMILES string of the molecule is COC(=O)/C=C\C(C#N)C(c1ccccc1)(c1ccccc1)c1c(C)n(CC(=O)OC(C)C)n(-c2ccccc2)c1=O. The van der Waals surface area contributed by atoms with Crippen LogP contribution in [0.2, 0.25) is 0 Å². The average Bonchev–Trinajstić information content (AvgIpc) is 3.24. The van der Waals surface area contributed by atoms with Crippen molar-refractivity contribution < 1.29 is 19.1 Å². The topological polar surface area (TPSA) is 103 Å². The Bertz CT molecular complexity index is 1620. The summed E-state index contributed by atoms with van der Waals surface area (Å²) in [5.74, 6) is -2.17. The fourth-order valence-corrected chi connectivity index (χ4v) is 5.44. The second kappa shape index (κ2) is 13.0. The first-order chi connectivity index (χ1) is 20.2. The quantitative estimate of drug-likeness (QED) is 0.196. The molecule has 42 heavy (non-hydrogen) atoms. The molecular formula is C34H33N3O5. The lowest BCUT2D eigenvalue weighted by molar-refractivity contribution is -0.148. The highest BCUT2D eigenvalue weighted by atomic mass is 16.5. The molecule has 8 nitrogen and oxygen atoms in total. The van der Waals surface area contributed by atoms with Gasteiger partial charge in [0.15, 0.2) is 0 Å². The number of allylic oxidation sites excluding steroid dienone is 1. The Labute approximate surface area is 245 Å². The third-order valence-corrected chi connectivity index (χ3v) is 7.13. The molecule has 0 fully saturated rings. The first-order valence-corrected chi connectivity index (χ1v) is 13.6. The molecule has 3 aromatic carbocycles. The molecule has 8 heteroatoms. The van der Waals surface area contributed by atoms with Crippen molar-refractivity contribution in [3.8, 4) is 11.8 Å². The first-order valence-electron chi connectivity index (χ1n) is 13.6. The van der Waals surface area contributed by atoms with Crippen LogP contribution in [0.3, 0.4) is 0 Å². The normalized spacial score (nSPS) is 12.2. The van der Waals surface area contributed by atoms with Crippen molar-refractivity contribution in [2.75, 3.05) is 7.11 Å². The standard InChI is InChI=1S/C34H33N3O5/c1-24(2)42-31(39)23-36-25(3)32(33(40)37(36)29-18-12-7-13-19-29)34(26-14-8-5-9-15-26,27-16-10-6-11-17-27)28(22-35)20-21-30(38)41-4/h5-21,24,28H,23H2,1-4H3/b21-20-. The second-order valence-corrected chi connectivity index (χ2v) is 10.0. The van der Waals surface area contributed by atoms with E-state index in [2.05, 4.69) is 6.07 Å². The fraction of sp³-hybridized carbons (Fsp3) is 0.235. The number of hydrogen-bond acceptors (Lipinski definition) is 6. The monoisotopic (exact) mass is 563 g/mol. The van der Waals surface area contributed by atoms with Crippen LogP contribution in [-0.2, 0) is 31.0 Å². The van der Waals surface area contributed by atoms with Crippen LogP contribution >= 0.6 is 0 Å². The van der Waals surface area contributed by atoms with Crippen molar-refractivity contribution in [3.63, 3.8) is 0 Å². The first kappa shape index (κ1) is 29.8. The van der Waals surface area contributed by atoms with E-state index in [0.717, 1.165) is 0 Å². The van der Waals surface area contributed by atoms with Crippen molar-refractivity contribution in [2.24, 2.45) is 5.92 Å². The van der Waals surface area contributed by atoms with Gasteiger partial charge in [0.1, 0.15) is 6.54 Å². The van der Waals surface area contributed by atoms with Crippen LogP contribution in [0, 0.1) is 24.2 Å². The Balaban J connectivity index is 2.18. The second-order valence-electron chi connectivity index (χ2n) is 10.0. The third-order valence-electron chi connectivity index (χ3n) is 7.13. The maximum Gasteiger partial charge on any atom is 0.330 e. The highest BCUT2D eigenvalue weighted by Crippen LogP contribution is 2.46. The smallest absolute Gasteiger partial charge is 0.330 e. The number of carbonyl (C=O) groups excluding carboxylic acids is 2. The van der Waals surface area contributed by atoms with E-state index in [1.807, 2.05) is 66.7 Å². The molecule has 0 amide bonds. The number of methoxy groups -OCH3 is 1. The molecule has 0 radical (unpaired) electrons. The van der Waals surface area contributed by atoms with Gasteiger partial charge < -0.3 is 9.47 Å². The minimum absolute atomic E-state index is 0.233. The van der Waals surface area contributed by atoms with Crippen LogP contribution in [-0.4, -0.2) is 34.5 Å². The van der Waals surface area contributed by atoms with E-state index in [4.69, 9.17) is 9.47 Å². The van der Waals surface area contributed by atoms with Gasteiger partial charge in [-0.05, 0) is 44.0 Å². The molecule has 0 aliphatic heterocycles. The van der Waals surface area contributed by atoms with Gasteiger partial charge in [-0.15, -0.1) is 0 Å². The van der Waals surface area contributed by atoms with E-state index in [9.17, 15) is 19.6 Å². The molecule has 0 saturated heterocycles. The van der Waals surface area contributed by atoms with Gasteiger partial charge >= 0.3 is 11.9 Å². The molecule has 1 aromatic heterocycles. The predicted octanol–water partition coefficient (Wildman–Crippen LogP) is 5.10. The molecule has 0 aliphatic carbocycles. The van der Waals surface area contributed by atoms with Gasteiger partial charge in [-0.2, -0.15) is 5.26 Å². The maximum absolute atomic E-state index is 14.8. The number of para-hydroxylation sites is 1. The van der Waals surface area contributed by atoms with E-state index in [1.54, 1.807) is 49.7 Å². The molecule has 214 valence electrons. The summed E-state index contributed by atoms with van der Waals surface area (Å²) in [7, 11) is 1.26. The zero-order chi connectivity index (χ0) is 30.3. The highest BCUT2D eigenvalue weighted by Gasteiger charge is 2.48. The molecule has 0 spiro atoms.